The van der Waals surface area contributed by atoms with E-state index in [2.05, 4.69) is 30.6 Å². The van der Waals surface area contributed by atoms with E-state index in [-0.39, 0.29) is 17.8 Å². The van der Waals surface area contributed by atoms with Crippen LogP contribution in [-0.2, 0) is 0 Å². The Morgan fingerprint density at radius 3 is 2.86 bits per heavy atom. The lowest BCUT2D eigenvalue weighted by molar-refractivity contribution is 0.222. The molecule has 3 heterocycles. The van der Waals surface area contributed by atoms with Gasteiger partial charge in [0.15, 0.2) is 11.6 Å². The number of hydrogen-bond acceptors (Lipinski definition) is 6. The Bertz CT molecular complexity index is 1060. The SMILES string of the molecule is Cc1nc(C2CCN(C(=O)Nc3ccc(F)cc3-c3nc(C4CC4)no3)C2)n[nH]1. The zero-order chi connectivity index (χ0) is 20.0. The summed E-state index contributed by atoms with van der Waals surface area (Å²) in [5.41, 5.74) is 0.803. The first-order valence-corrected chi connectivity index (χ1v) is 9.65. The lowest BCUT2D eigenvalue weighted by Crippen LogP contribution is -2.33. The number of aromatic nitrogens is 5. The molecule has 150 valence electrons. The molecular formula is C19H20FN7O2. The highest BCUT2D eigenvalue weighted by atomic mass is 19.1. The molecule has 2 amide bonds. The molecule has 0 radical (unpaired) electrons. The lowest BCUT2D eigenvalue weighted by atomic mass is 10.1. The van der Waals surface area contributed by atoms with E-state index in [0.29, 0.717) is 36.1 Å². The average molecular weight is 397 g/mol. The van der Waals surface area contributed by atoms with Crippen molar-refractivity contribution < 1.29 is 13.7 Å². The van der Waals surface area contributed by atoms with Gasteiger partial charge in [-0.2, -0.15) is 10.1 Å². The second-order valence-electron chi connectivity index (χ2n) is 7.56. The summed E-state index contributed by atoms with van der Waals surface area (Å²) in [5.74, 6) is 2.28. The number of nitrogens with one attached hydrogen (secondary N) is 2. The summed E-state index contributed by atoms with van der Waals surface area (Å²) < 4.78 is 19.2. The molecule has 1 saturated carbocycles. The number of benzene rings is 1. The minimum atomic E-state index is -0.439. The summed E-state index contributed by atoms with van der Waals surface area (Å²) >= 11 is 0. The van der Waals surface area contributed by atoms with Gasteiger partial charge in [-0.25, -0.2) is 14.2 Å². The maximum absolute atomic E-state index is 13.9. The van der Waals surface area contributed by atoms with Crippen LogP contribution >= 0.6 is 0 Å². The molecule has 1 aromatic carbocycles. The van der Waals surface area contributed by atoms with Crippen molar-refractivity contribution in [1.82, 2.24) is 30.2 Å². The molecular weight excluding hydrogens is 377 g/mol. The molecule has 9 nitrogen and oxygen atoms in total. The minimum Gasteiger partial charge on any atom is -0.334 e. The van der Waals surface area contributed by atoms with Crippen LogP contribution in [-0.4, -0.2) is 49.3 Å². The van der Waals surface area contributed by atoms with Gasteiger partial charge in [-0.05, 0) is 44.4 Å². The molecule has 2 aromatic heterocycles. The Morgan fingerprint density at radius 2 is 2.10 bits per heavy atom. The van der Waals surface area contributed by atoms with Gasteiger partial charge in [0.2, 0.25) is 0 Å². The van der Waals surface area contributed by atoms with Gasteiger partial charge in [0, 0.05) is 24.9 Å². The highest BCUT2D eigenvalue weighted by Gasteiger charge is 2.31. The third kappa shape index (κ3) is 3.57. The maximum atomic E-state index is 13.9. The fourth-order valence-electron chi connectivity index (χ4n) is 3.55. The molecule has 29 heavy (non-hydrogen) atoms. The molecule has 2 N–H and O–H groups in total. The molecule has 2 fully saturated rings. The highest BCUT2D eigenvalue weighted by molar-refractivity contribution is 5.93. The van der Waals surface area contributed by atoms with E-state index in [4.69, 9.17) is 4.52 Å². The number of nitrogens with zero attached hydrogens (tertiary/aromatic N) is 5. The van der Waals surface area contributed by atoms with Gasteiger partial charge in [-0.3, -0.25) is 5.10 Å². The van der Waals surface area contributed by atoms with Crippen molar-refractivity contribution in [2.45, 2.75) is 38.0 Å². The summed E-state index contributed by atoms with van der Waals surface area (Å²) in [5, 5.41) is 13.9. The van der Waals surface area contributed by atoms with E-state index in [1.807, 2.05) is 6.92 Å². The van der Waals surface area contributed by atoms with E-state index >= 15 is 0 Å². The van der Waals surface area contributed by atoms with E-state index in [9.17, 15) is 9.18 Å². The highest BCUT2D eigenvalue weighted by Crippen LogP contribution is 2.39. The van der Waals surface area contributed by atoms with Crippen LogP contribution in [0.2, 0.25) is 0 Å². The number of hydrogen-bond donors (Lipinski definition) is 2. The third-order valence-electron chi connectivity index (χ3n) is 5.29. The minimum absolute atomic E-state index is 0.0930. The van der Waals surface area contributed by atoms with Crippen molar-refractivity contribution in [1.29, 1.82) is 0 Å². The molecule has 3 aromatic rings. The fraction of sp³-hybridized carbons (Fsp3) is 0.421. The van der Waals surface area contributed by atoms with Crippen LogP contribution in [0.25, 0.3) is 11.5 Å². The van der Waals surface area contributed by atoms with E-state index in [1.54, 1.807) is 4.90 Å². The van der Waals surface area contributed by atoms with Gasteiger partial charge in [-0.15, -0.1) is 0 Å². The average Bonchev–Trinajstić information content (AvgIpc) is 3.12. The van der Waals surface area contributed by atoms with Crippen LogP contribution in [0.15, 0.2) is 22.7 Å². The predicted molar refractivity (Wildman–Crippen MR) is 101 cm³/mol. The van der Waals surface area contributed by atoms with Crippen molar-refractivity contribution in [2.24, 2.45) is 0 Å². The van der Waals surface area contributed by atoms with E-state index in [1.165, 1.54) is 18.2 Å². The lowest BCUT2D eigenvalue weighted by Gasteiger charge is -2.18. The Balaban J connectivity index is 1.33. The Morgan fingerprint density at radius 1 is 1.24 bits per heavy atom. The number of likely N-dealkylation sites (tertiary alicyclic amines) is 1. The smallest absolute Gasteiger partial charge is 0.321 e. The van der Waals surface area contributed by atoms with Gasteiger partial charge in [-0.1, -0.05) is 5.16 Å². The number of H-pyrrole nitrogens is 1. The largest absolute Gasteiger partial charge is 0.334 e. The standard InChI is InChI=1S/C19H20FN7O2/c1-10-21-16(25-24-10)12-6-7-27(9-12)19(28)22-15-5-4-13(20)8-14(15)18-23-17(26-29-18)11-2-3-11/h4-5,8,11-12H,2-3,6-7,9H2,1H3,(H,22,28)(H,21,24,25). The van der Waals surface area contributed by atoms with E-state index in [0.717, 1.165) is 30.9 Å². The predicted octanol–water partition coefficient (Wildman–Crippen LogP) is 3.20. The number of aromatic amines is 1. The van der Waals surface area contributed by atoms with Crippen LogP contribution in [0.3, 0.4) is 0 Å². The van der Waals surface area contributed by atoms with Crippen molar-refractivity contribution in [3.8, 4) is 11.5 Å². The first-order valence-electron chi connectivity index (χ1n) is 9.65. The van der Waals surface area contributed by atoms with Gasteiger partial charge in [0.1, 0.15) is 11.6 Å². The number of urea groups is 1. The quantitative estimate of drug-likeness (QED) is 0.699. The number of rotatable bonds is 4. The van der Waals surface area contributed by atoms with Crippen molar-refractivity contribution in [2.75, 3.05) is 18.4 Å². The van der Waals surface area contributed by atoms with Gasteiger partial charge < -0.3 is 14.7 Å². The molecule has 10 heteroatoms. The molecule has 1 unspecified atom stereocenters. The summed E-state index contributed by atoms with van der Waals surface area (Å²) in [6, 6.07) is 3.83. The summed E-state index contributed by atoms with van der Waals surface area (Å²) in [6.07, 6.45) is 2.86. The molecule has 1 aliphatic heterocycles. The van der Waals surface area contributed by atoms with Crippen LogP contribution in [0.5, 0.6) is 0 Å². The van der Waals surface area contributed by atoms with E-state index < -0.39 is 5.82 Å². The van der Waals surface area contributed by atoms with Crippen LogP contribution in [0.4, 0.5) is 14.9 Å². The molecule has 2 aliphatic rings. The number of anilines is 1. The van der Waals surface area contributed by atoms with Crippen molar-refractivity contribution in [3.05, 3.63) is 41.5 Å². The first-order chi connectivity index (χ1) is 14.1. The van der Waals surface area contributed by atoms with Crippen molar-refractivity contribution in [3.63, 3.8) is 0 Å². The Hall–Kier alpha value is -3.30. The number of halogens is 1. The monoisotopic (exact) mass is 397 g/mol. The van der Waals surface area contributed by atoms with Gasteiger partial charge in [0.25, 0.3) is 5.89 Å². The maximum Gasteiger partial charge on any atom is 0.321 e. The van der Waals surface area contributed by atoms with Crippen LogP contribution in [0, 0.1) is 12.7 Å². The molecule has 1 saturated heterocycles. The van der Waals surface area contributed by atoms with Crippen LogP contribution in [0.1, 0.15) is 48.6 Å². The Kier molecular flexibility index (Phi) is 4.26. The van der Waals surface area contributed by atoms with Crippen LogP contribution < -0.4 is 5.32 Å². The van der Waals surface area contributed by atoms with Gasteiger partial charge in [0.05, 0.1) is 11.3 Å². The molecule has 0 spiro atoms. The van der Waals surface area contributed by atoms with Crippen molar-refractivity contribution >= 4 is 11.7 Å². The molecule has 5 rings (SSSR count). The fourth-order valence-corrected chi connectivity index (χ4v) is 3.55. The Labute approximate surface area is 165 Å². The topological polar surface area (TPSA) is 113 Å². The summed E-state index contributed by atoms with van der Waals surface area (Å²) in [7, 11) is 0. The summed E-state index contributed by atoms with van der Waals surface area (Å²) in [4.78, 5) is 23.2. The second kappa shape index (κ2) is 6.94. The molecule has 1 aliphatic carbocycles. The normalized spacial score (nSPS) is 19.0. The molecule has 1 atom stereocenters. The number of amides is 2. The zero-order valence-corrected chi connectivity index (χ0v) is 15.9. The first kappa shape index (κ1) is 17.8. The van der Waals surface area contributed by atoms with Gasteiger partial charge >= 0.3 is 6.03 Å². The second-order valence-corrected chi connectivity index (χ2v) is 7.56. The third-order valence-corrected chi connectivity index (χ3v) is 5.29. The number of carbonyl (C=O) groups is 1. The summed E-state index contributed by atoms with van der Waals surface area (Å²) in [6.45, 7) is 2.96. The number of carbonyl (C=O) groups excluding carboxylic acids is 1. The molecule has 0 bridgehead atoms. The number of aryl methyl sites for hydroxylation is 1. The zero-order valence-electron chi connectivity index (χ0n) is 15.9.